The molecule has 98 valence electrons. The van der Waals surface area contributed by atoms with E-state index < -0.39 is 0 Å². The summed E-state index contributed by atoms with van der Waals surface area (Å²) in [4.78, 5) is 2.49. The van der Waals surface area contributed by atoms with Crippen LogP contribution in [-0.2, 0) is 0 Å². The molecule has 0 aromatic heterocycles. The third-order valence-corrected chi connectivity index (χ3v) is 5.68. The van der Waals surface area contributed by atoms with Crippen LogP contribution in [-0.4, -0.2) is 36.5 Å². The molecule has 0 amide bonds. The lowest BCUT2D eigenvalue weighted by molar-refractivity contribution is 0.312. The van der Waals surface area contributed by atoms with Crippen molar-refractivity contribution < 1.29 is 0 Å². The SMILES string of the molecule is CN1CC(CN)CC1c1ccccc1C1CSC1. The first kappa shape index (κ1) is 12.5. The highest BCUT2D eigenvalue weighted by molar-refractivity contribution is 8.00. The molecule has 2 heterocycles. The van der Waals surface area contributed by atoms with Gasteiger partial charge in [0.25, 0.3) is 0 Å². The van der Waals surface area contributed by atoms with Crippen LogP contribution in [0.4, 0.5) is 0 Å². The van der Waals surface area contributed by atoms with Crippen LogP contribution in [0.5, 0.6) is 0 Å². The van der Waals surface area contributed by atoms with Gasteiger partial charge >= 0.3 is 0 Å². The van der Waals surface area contributed by atoms with E-state index in [1.54, 1.807) is 11.1 Å². The van der Waals surface area contributed by atoms with Crippen molar-refractivity contribution in [3.63, 3.8) is 0 Å². The first-order valence-electron chi connectivity index (χ1n) is 6.86. The number of thioether (sulfide) groups is 1. The van der Waals surface area contributed by atoms with Crippen LogP contribution in [0.2, 0.25) is 0 Å². The molecule has 18 heavy (non-hydrogen) atoms. The second-order valence-corrected chi connectivity index (χ2v) is 6.73. The van der Waals surface area contributed by atoms with Crippen LogP contribution in [0.1, 0.15) is 29.5 Å². The minimum atomic E-state index is 0.584. The predicted molar refractivity (Wildman–Crippen MR) is 79.0 cm³/mol. The highest BCUT2D eigenvalue weighted by Gasteiger charge is 2.33. The standard InChI is InChI=1S/C15H22N2S/c1-17-8-11(7-16)6-15(17)14-5-3-2-4-13(14)12-9-18-10-12/h2-5,11-12,15H,6-10,16H2,1H3. The van der Waals surface area contributed by atoms with Gasteiger partial charge in [-0.3, -0.25) is 4.90 Å². The summed E-state index contributed by atoms with van der Waals surface area (Å²) >= 11 is 2.06. The minimum absolute atomic E-state index is 0.584. The number of nitrogens with zero attached hydrogens (tertiary/aromatic N) is 1. The fourth-order valence-electron chi connectivity index (χ4n) is 3.24. The lowest BCUT2D eigenvalue weighted by Gasteiger charge is -2.30. The van der Waals surface area contributed by atoms with Crippen molar-refractivity contribution in [2.45, 2.75) is 18.4 Å². The number of hydrogen-bond acceptors (Lipinski definition) is 3. The van der Waals surface area contributed by atoms with Crippen molar-refractivity contribution in [1.29, 1.82) is 0 Å². The molecule has 3 rings (SSSR count). The van der Waals surface area contributed by atoms with Crippen LogP contribution in [0.15, 0.2) is 24.3 Å². The summed E-state index contributed by atoms with van der Waals surface area (Å²) in [5, 5.41) is 0. The number of nitrogens with two attached hydrogens (primary N) is 1. The summed E-state index contributed by atoms with van der Waals surface area (Å²) in [6, 6.07) is 9.63. The topological polar surface area (TPSA) is 29.3 Å². The molecular weight excluding hydrogens is 240 g/mol. The van der Waals surface area contributed by atoms with Crippen LogP contribution >= 0.6 is 11.8 Å². The Labute approximate surface area is 114 Å². The smallest absolute Gasteiger partial charge is 0.0351 e. The predicted octanol–water partition coefficient (Wildman–Crippen LogP) is 2.47. The summed E-state index contributed by atoms with van der Waals surface area (Å²) in [7, 11) is 2.24. The highest BCUT2D eigenvalue weighted by atomic mass is 32.2. The quantitative estimate of drug-likeness (QED) is 0.907. The second-order valence-electron chi connectivity index (χ2n) is 5.66. The van der Waals surface area contributed by atoms with E-state index in [-0.39, 0.29) is 0 Å². The van der Waals surface area contributed by atoms with E-state index in [9.17, 15) is 0 Å². The molecule has 2 N–H and O–H groups in total. The molecule has 1 aromatic rings. The summed E-state index contributed by atoms with van der Waals surface area (Å²) in [5.74, 6) is 4.06. The Morgan fingerprint density at radius 1 is 1.28 bits per heavy atom. The molecule has 3 heteroatoms. The van der Waals surface area contributed by atoms with Gasteiger partial charge < -0.3 is 5.73 Å². The molecule has 2 fully saturated rings. The molecule has 2 unspecified atom stereocenters. The van der Waals surface area contributed by atoms with Crippen molar-refractivity contribution in [3.8, 4) is 0 Å². The largest absolute Gasteiger partial charge is 0.330 e. The molecule has 0 aliphatic carbocycles. The average molecular weight is 262 g/mol. The molecule has 0 saturated carbocycles. The fraction of sp³-hybridized carbons (Fsp3) is 0.600. The van der Waals surface area contributed by atoms with Gasteiger partial charge in [0.2, 0.25) is 0 Å². The van der Waals surface area contributed by atoms with Crippen LogP contribution in [0.25, 0.3) is 0 Å². The maximum atomic E-state index is 5.84. The molecule has 0 spiro atoms. The van der Waals surface area contributed by atoms with Crippen molar-refractivity contribution in [1.82, 2.24) is 4.90 Å². The maximum absolute atomic E-state index is 5.84. The van der Waals surface area contributed by atoms with Crippen LogP contribution in [0.3, 0.4) is 0 Å². The van der Waals surface area contributed by atoms with E-state index >= 15 is 0 Å². The monoisotopic (exact) mass is 262 g/mol. The first-order valence-corrected chi connectivity index (χ1v) is 8.02. The van der Waals surface area contributed by atoms with E-state index in [4.69, 9.17) is 5.73 Å². The van der Waals surface area contributed by atoms with Gasteiger partial charge in [0.1, 0.15) is 0 Å². The molecule has 0 bridgehead atoms. The summed E-state index contributed by atoms with van der Waals surface area (Å²) in [6.45, 7) is 1.97. The first-order chi connectivity index (χ1) is 8.79. The minimum Gasteiger partial charge on any atom is -0.330 e. The zero-order valence-electron chi connectivity index (χ0n) is 11.0. The second kappa shape index (κ2) is 5.24. The summed E-state index contributed by atoms with van der Waals surface area (Å²) in [5.41, 5.74) is 8.99. The van der Waals surface area contributed by atoms with Crippen molar-refractivity contribution in [2.75, 3.05) is 31.6 Å². The summed E-state index contributed by atoms with van der Waals surface area (Å²) < 4.78 is 0. The van der Waals surface area contributed by atoms with Gasteiger partial charge in [0, 0.05) is 30.0 Å². The van der Waals surface area contributed by atoms with Gasteiger partial charge in [-0.15, -0.1) is 0 Å². The van der Waals surface area contributed by atoms with E-state index in [1.165, 1.54) is 17.9 Å². The van der Waals surface area contributed by atoms with Gasteiger partial charge in [-0.2, -0.15) is 11.8 Å². The number of hydrogen-bond donors (Lipinski definition) is 1. The van der Waals surface area contributed by atoms with Gasteiger partial charge in [0.15, 0.2) is 0 Å². The molecule has 2 aliphatic rings. The van der Waals surface area contributed by atoms with E-state index in [2.05, 4.69) is 48.0 Å². The van der Waals surface area contributed by atoms with Crippen LogP contribution < -0.4 is 5.73 Å². The third-order valence-electron chi connectivity index (χ3n) is 4.40. The molecule has 2 aliphatic heterocycles. The van der Waals surface area contributed by atoms with Gasteiger partial charge in [-0.05, 0) is 37.1 Å². The molecule has 2 nitrogen and oxygen atoms in total. The third kappa shape index (κ3) is 2.20. The van der Waals surface area contributed by atoms with E-state index in [0.29, 0.717) is 12.0 Å². The zero-order valence-corrected chi connectivity index (χ0v) is 11.8. The number of rotatable bonds is 3. The Hall–Kier alpha value is -0.510. The fourth-order valence-corrected chi connectivity index (χ4v) is 4.07. The molecule has 2 atom stereocenters. The van der Waals surface area contributed by atoms with E-state index in [0.717, 1.165) is 19.0 Å². The van der Waals surface area contributed by atoms with Gasteiger partial charge in [0.05, 0.1) is 0 Å². The summed E-state index contributed by atoms with van der Waals surface area (Å²) in [6.07, 6.45) is 1.23. The van der Waals surface area contributed by atoms with Crippen molar-refractivity contribution >= 4 is 11.8 Å². The van der Waals surface area contributed by atoms with Crippen LogP contribution in [0, 0.1) is 5.92 Å². The van der Waals surface area contributed by atoms with Gasteiger partial charge in [-0.25, -0.2) is 0 Å². The molecule has 2 saturated heterocycles. The number of likely N-dealkylation sites (tertiary alicyclic amines) is 1. The van der Waals surface area contributed by atoms with Crippen molar-refractivity contribution in [2.24, 2.45) is 11.7 Å². The Kier molecular flexibility index (Phi) is 3.64. The maximum Gasteiger partial charge on any atom is 0.0351 e. The Morgan fingerprint density at radius 2 is 2.00 bits per heavy atom. The Balaban J connectivity index is 1.87. The molecule has 1 aromatic carbocycles. The Morgan fingerprint density at radius 3 is 2.56 bits per heavy atom. The Bertz CT molecular complexity index is 417. The number of benzene rings is 1. The molecule has 0 radical (unpaired) electrons. The van der Waals surface area contributed by atoms with E-state index in [1.807, 2.05) is 0 Å². The normalized spacial score (nSPS) is 29.4. The lowest BCUT2D eigenvalue weighted by Crippen LogP contribution is -2.23. The lowest BCUT2D eigenvalue weighted by atomic mass is 9.90. The highest BCUT2D eigenvalue weighted by Crippen LogP contribution is 2.41. The van der Waals surface area contributed by atoms with Gasteiger partial charge in [-0.1, -0.05) is 24.3 Å². The zero-order chi connectivity index (χ0) is 12.5. The average Bonchev–Trinajstić information content (AvgIpc) is 2.69. The molecular formula is C15H22N2S. The van der Waals surface area contributed by atoms with Crippen molar-refractivity contribution in [3.05, 3.63) is 35.4 Å².